The zero-order chi connectivity index (χ0) is 21.7. The summed E-state index contributed by atoms with van der Waals surface area (Å²) >= 11 is 0. The fraction of sp³-hybridized carbons (Fsp3) is 0.476. The van der Waals surface area contributed by atoms with E-state index in [9.17, 15) is 19.5 Å². The second kappa shape index (κ2) is 9.62. The van der Waals surface area contributed by atoms with Gasteiger partial charge in [0.05, 0.1) is 11.0 Å². The molecule has 0 fully saturated rings. The molecule has 3 N–H and O–H groups in total. The summed E-state index contributed by atoms with van der Waals surface area (Å²) in [5.41, 5.74) is 2.36. The second-order valence-electron chi connectivity index (χ2n) is 7.46. The van der Waals surface area contributed by atoms with Crippen molar-refractivity contribution >= 4 is 17.0 Å². The van der Waals surface area contributed by atoms with Crippen LogP contribution in [0.2, 0.25) is 0 Å². The van der Waals surface area contributed by atoms with Gasteiger partial charge in [-0.25, -0.2) is 9.78 Å². The van der Waals surface area contributed by atoms with Crippen molar-refractivity contribution in [2.45, 2.75) is 58.4 Å². The first-order chi connectivity index (χ1) is 14.4. The van der Waals surface area contributed by atoms with E-state index < -0.39 is 17.2 Å². The monoisotopic (exact) mass is 414 g/mol. The lowest BCUT2D eigenvalue weighted by molar-refractivity contribution is -0.137. The fourth-order valence-electron chi connectivity index (χ4n) is 3.65. The third kappa shape index (κ3) is 4.91. The zero-order valence-corrected chi connectivity index (χ0v) is 17.0. The van der Waals surface area contributed by atoms with Crippen molar-refractivity contribution in [3.05, 3.63) is 44.1 Å². The number of hydrogen-bond donors (Lipinski definition) is 3. The summed E-state index contributed by atoms with van der Waals surface area (Å²) in [4.78, 5) is 45.4. The Morgan fingerprint density at radius 2 is 1.87 bits per heavy atom. The average molecular weight is 414 g/mol. The molecular weight excluding hydrogens is 388 g/mol. The fourth-order valence-corrected chi connectivity index (χ4v) is 3.65. The summed E-state index contributed by atoms with van der Waals surface area (Å²) in [5, 5.41) is 17.9. The molecule has 0 bridgehead atoms. The first-order valence-electron chi connectivity index (χ1n) is 10.2. The van der Waals surface area contributed by atoms with Crippen LogP contribution in [-0.4, -0.2) is 42.3 Å². The molecule has 0 aromatic heterocycles. The number of aliphatic hydroxyl groups excluding tert-OH is 1. The highest BCUT2D eigenvalue weighted by molar-refractivity contribution is 5.81. The summed E-state index contributed by atoms with van der Waals surface area (Å²) < 4.78 is 1.85. The minimum Gasteiger partial charge on any atom is -0.481 e. The number of nitrogens with zero attached hydrogens (tertiary/aromatic N) is 3. The molecule has 2 heterocycles. The Hall–Kier alpha value is -3.07. The van der Waals surface area contributed by atoms with Gasteiger partial charge in [-0.2, -0.15) is 4.98 Å². The van der Waals surface area contributed by atoms with Crippen LogP contribution in [0.5, 0.6) is 0 Å². The van der Waals surface area contributed by atoms with Gasteiger partial charge in [0.2, 0.25) is 0 Å². The van der Waals surface area contributed by atoms with Crippen LogP contribution in [0.4, 0.5) is 0 Å². The lowest BCUT2D eigenvalue weighted by Gasteiger charge is -2.18. The van der Waals surface area contributed by atoms with Gasteiger partial charge in [0, 0.05) is 19.6 Å². The summed E-state index contributed by atoms with van der Waals surface area (Å²) in [6.45, 7) is 2.59. The summed E-state index contributed by atoms with van der Waals surface area (Å²) in [6, 6.07) is 3.90. The van der Waals surface area contributed by atoms with Gasteiger partial charge in [-0.05, 0) is 55.9 Å². The molecule has 0 radical (unpaired) electrons. The molecular formula is C21H26N4O5. The van der Waals surface area contributed by atoms with Crippen molar-refractivity contribution in [3.63, 3.8) is 0 Å². The predicted octanol–water partition coefficient (Wildman–Crippen LogP) is 1.85. The number of fused-ring (bicyclic) bond motifs is 2. The van der Waals surface area contributed by atoms with Crippen molar-refractivity contribution in [2.24, 2.45) is 0 Å². The molecule has 9 heteroatoms. The van der Waals surface area contributed by atoms with Gasteiger partial charge in [-0.3, -0.25) is 14.6 Å². The number of benzene rings is 1. The molecule has 160 valence electrons. The molecule has 2 aliphatic heterocycles. The van der Waals surface area contributed by atoms with Gasteiger partial charge in [0.25, 0.3) is 5.56 Å². The molecule has 0 spiro atoms. The van der Waals surface area contributed by atoms with Crippen LogP contribution in [0.1, 0.15) is 49.7 Å². The van der Waals surface area contributed by atoms with Crippen LogP contribution < -0.4 is 11.2 Å². The smallest absolute Gasteiger partial charge is 0.349 e. The van der Waals surface area contributed by atoms with E-state index in [0.29, 0.717) is 31.3 Å². The zero-order valence-electron chi connectivity index (χ0n) is 17.0. The Labute approximate surface area is 172 Å². The van der Waals surface area contributed by atoms with Gasteiger partial charge >= 0.3 is 11.7 Å². The molecule has 0 saturated heterocycles. The number of carbonyl (C=O) groups is 1. The predicted molar refractivity (Wildman–Crippen MR) is 112 cm³/mol. The first kappa shape index (κ1) is 21.6. The number of rotatable bonds is 10. The van der Waals surface area contributed by atoms with E-state index in [0.717, 1.165) is 35.9 Å². The lowest BCUT2D eigenvalue weighted by Crippen LogP contribution is -2.29. The number of carboxylic acids is 1. The molecule has 0 amide bonds. The Morgan fingerprint density at radius 3 is 2.60 bits per heavy atom. The molecule has 9 nitrogen and oxygen atoms in total. The van der Waals surface area contributed by atoms with E-state index in [2.05, 4.69) is 15.0 Å². The number of aromatic amines is 1. The Balaban J connectivity index is 2.01. The van der Waals surface area contributed by atoms with Crippen LogP contribution in [0.25, 0.3) is 22.6 Å². The molecule has 30 heavy (non-hydrogen) atoms. The van der Waals surface area contributed by atoms with Gasteiger partial charge in [0.15, 0.2) is 11.5 Å². The Bertz CT molecular complexity index is 1130. The van der Waals surface area contributed by atoms with Crippen molar-refractivity contribution in [2.75, 3.05) is 6.61 Å². The number of aryl methyl sites for hydroxylation is 3. The standard InChI is InChI=1S/C21H26N4O5/c1-13-11-15-16(12-14(13)7-6-10-26)25(9-5-3-2-4-8-17(27)28)19-18(22-15)20(29)24-21(30)23-19/h11-12,26H,2-10H2,1H3,(H,27,28)(H,24,29,30). The Morgan fingerprint density at radius 1 is 1.10 bits per heavy atom. The molecule has 0 unspecified atom stereocenters. The number of aliphatic hydroxyl groups is 1. The highest BCUT2D eigenvalue weighted by Gasteiger charge is 2.19. The van der Waals surface area contributed by atoms with Crippen LogP contribution in [0.15, 0.2) is 21.7 Å². The normalized spacial score (nSPS) is 11.4. The van der Waals surface area contributed by atoms with Crippen LogP contribution in [0, 0.1) is 6.92 Å². The average Bonchev–Trinajstić information content (AvgIpc) is 2.69. The van der Waals surface area contributed by atoms with Crippen LogP contribution in [-0.2, 0) is 17.8 Å². The molecule has 0 aliphatic carbocycles. The quantitative estimate of drug-likeness (QED) is 0.340. The number of aliphatic carboxylic acids is 1. The summed E-state index contributed by atoms with van der Waals surface area (Å²) in [7, 11) is 0. The van der Waals surface area contributed by atoms with E-state index in [-0.39, 0.29) is 24.5 Å². The van der Waals surface area contributed by atoms with E-state index in [1.807, 2.05) is 23.6 Å². The van der Waals surface area contributed by atoms with Gasteiger partial charge in [-0.15, -0.1) is 0 Å². The van der Waals surface area contributed by atoms with E-state index >= 15 is 0 Å². The minimum absolute atomic E-state index is 0.0975. The third-order valence-electron chi connectivity index (χ3n) is 5.19. The third-order valence-corrected chi connectivity index (χ3v) is 5.19. The number of carboxylic acid groups (broad SMARTS) is 1. The molecule has 0 saturated carbocycles. The molecule has 0 atom stereocenters. The Kier molecular flexibility index (Phi) is 6.94. The number of unbranched alkanes of at least 4 members (excludes halogenated alkanes) is 3. The summed E-state index contributed by atoms with van der Waals surface area (Å²) in [6.07, 6.45) is 4.47. The van der Waals surface area contributed by atoms with E-state index in [4.69, 9.17) is 5.11 Å². The molecule has 3 rings (SSSR count). The van der Waals surface area contributed by atoms with Gasteiger partial charge < -0.3 is 14.8 Å². The largest absolute Gasteiger partial charge is 0.481 e. The van der Waals surface area contributed by atoms with Crippen LogP contribution in [0.3, 0.4) is 0 Å². The maximum atomic E-state index is 12.3. The lowest BCUT2D eigenvalue weighted by atomic mass is 10.0. The number of nitrogens with one attached hydrogen (secondary N) is 1. The van der Waals surface area contributed by atoms with Crippen molar-refractivity contribution < 1.29 is 15.0 Å². The number of hydrogen-bond acceptors (Lipinski definition) is 6. The van der Waals surface area contributed by atoms with E-state index in [1.54, 1.807) is 0 Å². The van der Waals surface area contributed by atoms with Gasteiger partial charge in [0.1, 0.15) is 0 Å². The van der Waals surface area contributed by atoms with Crippen LogP contribution >= 0.6 is 0 Å². The first-order valence-corrected chi connectivity index (χ1v) is 10.2. The maximum absolute atomic E-state index is 12.3. The minimum atomic E-state index is -0.798. The van der Waals surface area contributed by atoms with Gasteiger partial charge in [-0.1, -0.05) is 12.8 Å². The number of aromatic nitrogens is 4. The maximum Gasteiger partial charge on any atom is 0.349 e. The van der Waals surface area contributed by atoms with Crippen molar-refractivity contribution in [3.8, 4) is 11.5 Å². The topological polar surface area (TPSA) is 138 Å². The van der Waals surface area contributed by atoms with Crippen molar-refractivity contribution in [1.29, 1.82) is 0 Å². The molecule has 1 aromatic carbocycles. The molecule has 1 aromatic rings. The highest BCUT2D eigenvalue weighted by Crippen LogP contribution is 2.25. The molecule has 2 aliphatic rings. The number of H-pyrrole nitrogens is 1. The van der Waals surface area contributed by atoms with Crippen molar-refractivity contribution in [1.82, 2.24) is 19.5 Å². The highest BCUT2D eigenvalue weighted by atomic mass is 16.4. The SMILES string of the molecule is Cc1cc2nc3c(=O)[nH]c(=O)nc-3n(CCCCCCC(=O)O)c2cc1CCCO. The second-order valence-corrected chi connectivity index (χ2v) is 7.46. The van der Waals surface area contributed by atoms with E-state index in [1.165, 1.54) is 0 Å². The summed E-state index contributed by atoms with van der Waals surface area (Å²) in [5.74, 6) is -0.550.